The zero-order chi connectivity index (χ0) is 24.1. The first-order valence-electron chi connectivity index (χ1n) is 12.3. The zero-order valence-corrected chi connectivity index (χ0v) is 19.9. The Balaban J connectivity index is 1.87. The first-order valence-corrected chi connectivity index (χ1v) is 12.3. The summed E-state index contributed by atoms with van der Waals surface area (Å²) in [7, 11) is 0. The van der Waals surface area contributed by atoms with E-state index in [-0.39, 0.29) is 18.2 Å². The van der Waals surface area contributed by atoms with E-state index in [2.05, 4.69) is 6.08 Å². The molecule has 0 spiro atoms. The summed E-state index contributed by atoms with van der Waals surface area (Å²) in [5.41, 5.74) is 0. The lowest BCUT2D eigenvalue weighted by Crippen LogP contribution is -2.25. The van der Waals surface area contributed by atoms with Crippen molar-refractivity contribution in [1.82, 2.24) is 0 Å². The summed E-state index contributed by atoms with van der Waals surface area (Å²) in [4.78, 5) is 23.8. The molecule has 1 fully saturated rings. The van der Waals surface area contributed by atoms with Gasteiger partial charge in [-0.3, -0.25) is 4.79 Å². The van der Waals surface area contributed by atoms with Crippen molar-refractivity contribution in [3.63, 3.8) is 0 Å². The average molecular weight is 465 g/mol. The molecule has 0 aromatic rings. The van der Waals surface area contributed by atoms with Gasteiger partial charge in [0.2, 0.25) is 0 Å². The van der Waals surface area contributed by atoms with Crippen LogP contribution in [0.3, 0.4) is 0 Å². The molecule has 2 heterocycles. The van der Waals surface area contributed by atoms with Gasteiger partial charge < -0.3 is 24.4 Å². The first kappa shape index (κ1) is 27.3. The molecule has 7 nitrogen and oxygen atoms in total. The van der Waals surface area contributed by atoms with Crippen LogP contribution in [0.1, 0.15) is 78.1 Å². The third-order valence-corrected chi connectivity index (χ3v) is 5.88. The number of carbonyl (C=O) groups is 2. The van der Waals surface area contributed by atoms with Crippen molar-refractivity contribution >= 4 is 11.9 Å². The molecule has 0 bridgehead atoms. The normalized spacial score (nSPS) is 29.6. The summed E-state index contributed by atoms with van der Waals surface area (Å²) >= 11 is 0. The zero-order valence-electron chi connectivity index (χ0n) is 19.9. The predicted octanol–water partition coefficient (Wildman–Crippen LogP) is 3.92. The number of esters is 2. The summed E-state index contributed by atoms with van der Waals surface area (Å²) in [6.07, 6.45) is 16.4. The lowest BCUT2D eigenvalue weighted by molar-refractivity contribution is -0.148. The molecule has 0 aromatic heterocycles. The van der Waals surface area contributed by atoms with E-state index in [0.717, 1.165) is 38.5 Å². The molecule has 6 atom stereocenters. The molecule has 2 aliphatic heterocycles. The number of hydrogen-bond acceptors (Lipinski definition) is 7. The van der Waals surface area contributed by atoms with Crippen molar-refractivity contribution in [2.24, 2.45) is 0 Å². The van der Waals surface area contributed by atoms with Crippen LogP contribution in [0.5, 0.6) is 0 Å². The van der Waals surface area contributed by atoms with Crippen molar-refractivity contribution < 1.29 is 34.0 Å². The van der Waals surface area contributed by atoms with Crippen LogP contribution in [-0.4, -0.2) is 58.8 Å². The van der Waals surface area contributed by atoms with Gasteiger partial charge in [0.1, 0.15) is 18.3 Å². The third kappa shape index (κ3) is 11.1. The van der Waals surface area contributed by atoms with Crippen LogP contribution in [-0.2, 0) is 23.8 Å². The van der Waals surface area contributed by atoms with Crippen LogP contribution in [0.2, 0.25) is 0 Å². The van der Waals surface area contributed by atoms with Crippen molar-refractivity contribution in [1.29, 1.82) is 0 Å². The van der Waals surface area contributed by atoms with Crippen LogP contribution in [0.25, 0.3) is 0 Å². The maximum atomic E-state index is 12.4. The second-order valence-electron chi connectivity index (χ2n) is 8.82. The molecule has 2 aliphatic rings. The minimum atomic E-state index is -0.743. The van der Waals surface area contributed by atoms with Crippen LogP contribution >= 0.6 is 0 Å². The Morgan fingerprint density at radius 1 is 1.27 bits per heavy atom. The Morgan fingerprint density at radius 3 is 2.85 bits per heavy atom. The Kier molecular flexibility index (Phi) is 12.4. The highest BCUT2D eigenvalue weighted by Crippen LogP contribution is 2.30. The van der Waals surface area contributed by atoms with Gasteiger partial charge in [0.15, 0.2) is 6.10 Å². The molecular weight excluding hydrogens is 424 g/mol. The fourth-order valence-corrected chi connectivity index (χ4v) is 3.84. The van der Waals surface area contributed by atoms with Gasteiger partial charge in [-0.15, -0.1) is 0 Å². The van der Waals surface area contributed by atoms with Gasteiger partial charge in [0, 0.05) is 13.3 Å². The molecule has 0 amide bonds. The van der Waals surface area contributed by atoms with Crippen molar-refractivity contribution in [2.75, 3.05) is 0 Å². The maximum absolute atomic E-state index is 12.4. The molecular formula is C26H40O7. The molecule has 0 aromatic carbocycles. The Morgan fingerprint density at radius 2 is 2.09 bits per heavy atom. The molecule has 6 unspecified atom stereocenters. The van der Waals surface area contributed by atoms with E-state index in [1.54, 1.807) is 0 Å². The van der Waals surface area contributed by atoms with E-state index in [0.29, 0.717) is 25.7 Å². The van der Waals surface area contributed by atoms with Gasteiger partial charge in [0.25, 0.3) is 0 Å². The molecule has 0 radical (unpaired) electrons. The number of cyclic esters (lactones) is 1. The summed E-state index contributed by atoms with van der Waals surface area (Å²) < 4.78 is 16.3. The largest absolute Gasteiger partial charge is 0.458 e. The standard InChI is InChI=1S/C26H40O7/c1-3-20(28)13-9-7-5-4-6-8-10-14-22-16-11-15-21(31-19(2)27)17-12-18-23(29)24-25(33-24)26(30)32-22/h6,8,10-11,14-15,20-25,28-29H,3-5,7,9,12-13,16-18H2,1-2H3. The minimum Gasteiger partial charge on any atom is -0.458 e. The number of allylic oxidation sites excluding steroid dienone is 3. The number of unbranched alkanes of at least 4 members (excludes halogenated alkanes) is 3. The molecule has 2 N–H and O–H groups in total. The molecule has 0 aliphatic carbocycles. The fraction of sp³-hybridized carbons (Fsp3) is 0.692. The van der Waals surface area contributed by atoms with Gasteiger partial charge in [0.05, 0.1) is 12.2 Å². The van der Waals surface area contributed by atoms with E-state index in [1.165, 1.54) is 6.92 Å². The second-order valence-corrected chi connectivity index (χ2v) is 8.82. The highest BCUT2D eigenvalue weighted by Gasteiger charge is 2.50. The number of aliphatic hydroxyl groups is 2. The fourth-order valence-electron chi connectivity index (χ4n) is 3.84. The smallest absolute Gasteiger partial charge is 0.338 e. The Bertz CT molecular complexity index is 684. The third-order valence-electron chi connectivity index (χ3n) is 5.88. The van der Waals surface area contributed by atoms with Gasteiger partial charge in [-0.25, -0.2) is 4.79 Å². The Labute approximate surface area is 197 Å². The van der Waals surface area contributed by atoms with E-state index in [4.69, 9.17) is 14.2 Å². The number of hydrogen-bond donors (Lipinski definition) is 2. The van der Waals surface area contributed by atoms with Crippen molar-refractivity contribution in [3.05, 3.63) is 36.5 Å². The minimum absolute atomic E-state index is 0.181. The number of rotatable bonds is 10. The number of ether oxygens (including phenoxy) is 3. The van der Waals surface area contributed by atoms with Gasteiger partial charge in [-0.05, 0) is 57.1 Å². The summed E-state index contributed by atoms with van der Waals surface area (Å²) in [5, 5.41) is 19.8. The lowest BCUT2D eigenvalue weighted by atomic mass is 10.0. The van der Waals surface area contributed by atoms with E-state index < -0.39 is 30.4 Å². The number of epoxide rings is 1. The SMILES string of the molecule is CCC(O)CCCCCC=CC=CC1CC=CC(OC(C)=O)CCCC(O)C2OC2C(=O)O1. The van der Waals surface area contributed by atoms with Crippen molar-refractivity contribution in [2.45, 2.75) is 115 Å². The monoisotopic (exact) mass is 464 g/mol. The van der Waals surface area contributed by atoms with Crippen LogP contribution in [0, 0.1) is 0 Å². The molecule has 7 heteroatoms. The van der Waals surface area contributed by atoms with Crippen LogP contribution in [0.15, 0.2) is 36.5 Å². The van der Waals surface area contributed by atoms with E-state index >= 15 is 0 Å². The summed E-state index contributed by atoms with van der Waals surface area (Å²) in [6, 6.07) is 0. The molecule has 2 rings (SSSR count). The van der Waals surface area contributed by atoms with E-state index in [1.807, 2.05) is 37.3 Å². The van der Waals surface area contributed by atoms with E-state index in [9.17, 15) is 19.8 Å². The summed E-state index contributed by atoms with van der Waals surface area (Å²) in [6.45, 7) is 3.37. The lowest BCUT2D eigenvalue weighted by Gasteiger charge is -2.14. The van der Waals surface area contributed by atoms with Gasteiger partial charge in [-0.2, -0.15) is 0 Å². The van der Waals surface area contributed by atoms with Crippen molar-refractivity contribution in [3.8, 4) is 0 Å². The number of aliphatic hydroxyl groups excluding tert-OH is 2. The molecule has 186 valence electrons. The predicted molar refractivity (Wildman–Crippen MR) is 125 cm³/mol. The highest BCUT2D eigenvalue weighted by molar-refractivity contribution is 5.78. The first-order chi connectivity index (χ1) is 15.9. The van der Waals surface area contributed by atoms with Crippen LogP contribution < -0.4 is 0 Å². The number of fused-ring (bicyclic) bond motifs is 1. The second kappa shape index (κ2) is 15.0. The Hall–Kier alpha value is -1.96. The number of carbonyl (C=O) groups excluding carboxylic acids is 2. The highest BCUT2D eigenvalue weighted by atomic mass is 16.6. The molecule has 33 heavy (non-hydrogen) atoms. The van der Waals surface area contributed by atoms with Gasteiger partial charge in [-0.1, -0.05) is 44.1 Å². The van der Waals surface area contributed by atoms with Gasteiger partial charge >= 0.3 is 11.9 Å². The quantitative estimate of drug-likeness (QED) is 0.166. The molecule has 1 saturated heterocycles. The topological polar surface area (TPSA) is 106 Å². The maximum Gasteiger partial charge on any atom is 0.338 e. The van der Waals surface area contributed by atoms with Crippen LogP contribution in [0.4, 0.5) is 0 Å². The molecule has 0 saturated carbocycles. The summed E-state index contributed by atoms with van der Waals surface area (Å²) in [5.74, 6) is -0.814. The average Bonchev–Trinajstić information content (AvgIpc) is 3.57.